The van der Waals surface area contributed by atoms with Gasteiger partial charge in [0.1, 0.15) is 18.9 Å². The van der Waals surface area contributed by atoms with Crippen molar-refractivity contribution in [2.75, 3.05) is 38.2 Å². The van der Waals surface area contributed by atoms with Gasteiger partial charge in [-0.15, -0.1) is 17.5 Å². The smallest absolute Gasteiger partial charge is 0.248 e. The van der Waals surface area contributed by atoms with Gasteiger partial charge in [-0.1, -0.05) is 12.8 Å². The van der Waals surface area contributed by atoms with Gasteiger partial charge in [-0.25, -0.2) is 9.67 Å². The highest BCUT2D eigenvalue weighted by atomic mass is 35.5. The van der Waals surface area contributed by atoms with Gasteiger partial charge >= 0.3 is 0 Å². The lowest BCUT2D eigenvalue weighted by Gasteiger charge is -2.22. The van der Waals surface area contributed by atoms with Crippen LogP contribution in [-0.2, 0) is 20.9 Å². The zero-order chi connectivity index (χ0) is 16.8. The molecule has 3 heterocycles. The van der Waals surface area contributed by atoms with E-state index in [1.165, 1.54) is 23.9 Å². The second kappa shape index (κ2) is 9.69. The highest BCUT2D eigenvalue weighted by molar-refractivity contribution is 5.93. The highest BCUT2D eigenvalue weighted by Gasteiger charge is 2.22. The molecule has 2 aliphatic heterocycles. The van der Waals surface area contributed by atoms with Crippen LogP contribution < -0.4 is 10.6 Å². The van der Waals surface area contributed by atoms with Crippen molar-refractivity contribution >= 4 is 30.2 Å². The predicted octanol–water partition coefficient (Wildman–Crippen LogP) is 0.0294. The number of amides is 2. The Labute approximate surface area is 152 Å². The van der Waals surface area contributed by atoms with Crippen molar-refractivity contribution in [3.63, 3.8) is 0 Å². The standard InChI is InChI=1S/C15H24N6O3.ClH/c22-13(20-6-3-1-2-4-7-20)9-21-11-17-15(19-21)18-14(23)12-10-24-8-5-16-12;/h11-12,16H,1-10H2,(H,18,19,23);1H. The number of rotatable bonds is 4. The number of ether oxygens (including phenoxy) is 1. The van der Waals surface area contributed by atoms with Crippen LogP contribution in [0.5, 0.6) is 0 Å². The van der Waals surface area contributed by atoms with E-state index >= 15 is 0 Å². The van der Waals surface area contributed by atoms with E-state index in [9.17, 15) is 9.59 Å². The Morgan fingerprint density at radius 2 is 2.04 bits per heavy atom. The van der Waals surface area contributed by atoms with Gasteiger partial charge in [-0.05, 0) is 12.8 Å². The molecule has 0 aromatic carbocycles. The van der Waals surface area contributed by atoms with E-state index < -0.39 is 6.04 Å². The molecular formula is C15H25ClN6O3. The largest absolute Gasteiger partial charge is 0.378 e. The van der Waals surface area contributed by atoms with Crippen LogP contribution >= 0.6 is 12.4 Å². The van der Waals surface area contributed by atoms with E-state index in [4.69, 9.17) is 4.74 Å². The van der Waals surface area contributed by atoms with Gasteiger partial charge < -0.3 is 15.0 Å². The fourth-order valence-electron chi connectivity index (χ4n) is 2.92. The molecule has 0 saturated carbocycles. The molecule has 2 saturated heterocycles. The average Bonchev–Trinajstić information content (AvgIpc) is 2.86. The number of aromatic nitrogens is 3. The summed E-state index contributed by atoms with van der Waals surface area (Å²) in [6.07, 6.45) is 5.95. The molecule has 0 radical (unpaired) electrons. The molecule has 10 heteroatoms. The maximum Gasteiger partial charge on any atom is 0.248 e. The van der Waals surface area contributed by atoms with Crippen LogP contribution in [0.15, 0.2) is 6.33 Å². The molecule has 2 aliphatic rings. The second-order valence-electron chi connectivity index (χ2n) is 6.13. The van der Waals surface area contributed by atoms with Crippen molar-refractivity contribution in [2.24, 2.45) is 0 Å². The van der Waals surface area contributed by atoms with Crippen LogP contribution in [0.2, 0.25) is 0 Å². The summed E-state index contributed by atoms with van der Waals surface area (Å²) < 4.78 is 6.72. The van der Waals surface area contributed by atoms with Crippen molar-refractivity contribution in [3.05, 3.63) is 6.33 Å². The summed E-state index contributed by atoms with van der Waals surface area (Å²) in [5, 5.41) is 9.87. The molecule has 0 spiro atoms. The Kier molecular flexibility index (Phi) is 7.60. The number of hydrogen-bond donors (Lipinski definition) is 2. The number of morpholine rings is 1. The van der Waals surface area contributed by atoms with E-state index in [-0.39, 0.29) is 36.7 Å². The minimum Gasteiger partial charge on any atom is -0.378 e. The van der Waals surface area contributed by atoms with E-state index in [1.54, 1.807) is 0 Å². The lowest BCUT2D eigenvalue weighted by molar-refractivity contribution is -0.132. The lowest BCUT2D eigenvalue weighted by atomic mass is 10.2. The van der Waals surface area contributed by atoms with Crippen LogP contribution in [0.1, 0.15) is 25.7 Å². The molecule has 140 valence electrons. The zero-order valence-electron chi connectivity index (χ0n) is 14.1. The summed E-state index contributed by atoms with van der Waals surface area (Å²) in [6, 6.07) is -0.399. The first kappa shape index (κ1) is 19.6. The topological polar surface area (TPSA) is 101 Å². The van der Waals surface area contributed by atoms with E-state index in [1.807, 2.05) is 4.90 Å². The molecule has 9 nitrogen and oxygen atoms in total. The van der Waals surface area contributed by atoms with Crippen LogP contribution in [0, 0.1) is 0 Å². The molecule has 2 fully saturated rings. The highest BCUT2D eigenvalue weighted by Crippen LogP contribution is 2.10. The number of carbonyl (C=O) groups is 2. The summed E-state index contributed by atoms with van der Waals surface area (Å²) in [4.78, 5) is 30.3. The van der Waals surface area contributed by atoms with Gasteiger partial charge in [0, 0.05) is 19.6 Å². The molecule has 1 atom stereocenters. The third-order valence-electron chi connectivity index (χ3n) is 4.27. The summed E-state index contributed by atoms with van der Waals surface area (Å²) in [6.45, 7) is 3.35. The molecule has 0 aliphatic carbocycles. The Hall–Kier alpha value is -1.71. The minimum atomic E-state index is -0.399. The van der Waals surface area contributed by atoms with Gasteiger partial charge in [0.05, 0.1) is 13.2 Å². The minimum absolute atomic E-state index is 0. The van der Waals surface area contributed by atoms with Crippen LogP contribution in [0.3, 0.4) is 0 Å². The number of hydrogen-bond acceptors (Lipinski definition) is 6. The lowest BCUT2D eigenvalue weighted by Crippen LogP contribution is -2.49. The first-order valence-electron chi connectivity index (χ1n) is 8.51. The quantitative estimate of drug-likeness (QED) is 0.773. The number of anilines is 1. The molecule has 3 rings (SSSR count). The fraction of sp³-hybridized carbons (Fsp3) is 0.733. The summed E-state index contributed by atoms with van der Waals surface area (Å²) in [5.41, 5.74) is 0. The van der Waals surface area contributed by atoms with Crippen LogP contribution in [0.4, 0.5) is 5.95 Å². The fourth-order valence-corrected chi connectivity index (χ4v) is 2.92. The molecule has 1 aromatic heterocycles. The van der Waals surface area contributed by atoms with Gasteiger partial charge in [-0.3, -0.25) is 14.9 Å². The van der Waals surface area contributed by atoms with Crippen molar-refractivity contribution in [1.29, 1.82) is 0 Å². The Morgan fingerprint density at radius 3 is 2.72 bits per heavy atom. The Balaban J connectivity index is 0.00000225. The van der Waals surface area contributed by atoms with Crippen molar-refractivity contribution in [1.82, 2.24) is 25.0 Å². The maximum absolute atomic E-state index is 12.3. The molecule has 1 aromatic rings. The SMILES string of the molecule is Cl.O=C(Nc1ncn(CC(=O)N2CCCCCC2)n1)C1COCCN1. The van der Waals surface area contributed by atoms with Crippen LogP contribution in [-0.4, -0.2) is 70.4 Å². The molecule has 25 heavy (non-hydrogen) atoms. The zero-order valence-corrected chi connectivity index (χ0v) is 15.0. The first-order valence-corrected chi connectivity index (χ1v) is 8.51. The molecular weight excluding hydrogens is 348 g/mol. The third kappa shape index (κ3) is 5.65. The van der Waals surface area contributed by atoms with Gasteiger partial charge in [0.15, 0.2) is 0 Å². The number of nitrogens with zero attached hydrogens (tertiary/aromatic N) is 4. The van der Waals surface area contributed by atoms with Crippen LogP contribution in [0.25, 0.3) is 0 Å². The van der Waals surface area contributed by atoms with Crippen molar-refractivity contribution in [2.45, 2.75) is 38.3 Å². The third-order valence-corrected chi connectivity index (χ3v) is 4.27. The molecule has 2 amide bonds. The van der Waals surface area contributed by atoms with Gasteiger partial charge in [-0.2, -0.15) is 0 Å². The van der Waals surface area contributed by atoms with Crippen molar-refractivity contribution < 1.29 is 14.3 Å². The van der Waals surface area contributed by atoms with Gasteiger partial charge in [0.2, 0.25) is 17.8 Å². The monoisotopic (exact) mass is 372 g/mol. The second-order valence-corrected chi connectivity index (χ2v) is 6.13. The molecule has 1 unspecified atom stereocenters. The summed E-state index contributed by atoms with van der Waals surface area (Å²) >= 11 is 0. The number of likely N-dealkylation sites (tertiary alicyclic amines) is 1. The van der Waals surface area contributed by atoms with E-state index in [2.05, 4.69) is 20.7 Å². The predicted molar refractivity (Wildman–Crippen MR) is 93.6 cm³/mol. The van der Waals surface area contributed by atoms with Gasteiger partial charge in [0.25, 0.3) is 0 Å². The normalized spacial score (nSPS) is 21.1. The number of nitrogens with one attached hydrogen (secondary N) is 2. The Bertz CT molecular complexity index is 567. The summed E-state index contributed by atoms with van der Waals surface area (Å²) in [7, 11) is 0. The van der Waals surface area contributed by atoms with Crippen molar-refractivity contribution in [3.8, 4) is 0 Å². The Morgan fingerprint density at radius 1 is 1.28 bits per heavy atom. The molecule has 2 N–H and O–H groups in total. The van der Waals surface area contributed by atoms with E-state index in [0.29, 0.717) is 19.8 Å². The first-order chi connectivity index (χ1) is 11.7. The average molecular weight is 373 g/mol. The summed E-state index contributed by atoms with van der Waals surface area (Å²) in [5.74, 6) is 0.0179. The molecule has 0 bridgehead atoms. The van der Waals surface area contributed by atoms with E-state index in [0.717, 1.165) is 25.9 Å². The maximum atomic E-state index is 12.3. The number of halogens is 1. The number of carbonyl (C=O) groups excluding carboxylic acids is 2.